The standard InChI is InChI=1S/C9H18N2O5S/c1-9(2,8(12)13)7-10-17(14,15)11-3-5-16-6-4-11/h10H,3-7H2,1-2H3,(H,12,13). The highest BCUT2D eigenvalue weighted by Gasteiger charge is 2.31. The highest BCUT2D eigenvalue weighted by molar-refractivity contribution is 7.87. The van der Waals surface area contributed by atoms with Crippen LogP contribution in [0.3, 0.4) is 0 Å². The average molecular weight is 266 g/mol. The summed E-state index contributed by atoms with van der Waals surface area (Å²) >= 11 is 0. The molecule has 0 aromatic carbocycles. The maximum absolute atomic E-state index is 11.8. The fraction of sp³-hybridized carbons (Fsp3) is 0.889. The van der Waals surface area contributed by atoms with E-state index in [1.807, 2.05) is 0 Å². The van der Waals surface area contributed by atoms with E-state index in [4.69, 9.17) is 9.84 Å². The molecule has 1 aliphatic heterocycles. The molecule has 17 heavy (non-hydrogen) atoms. The molecule has 0 aromatic rings. The summed E-state index contributed by atoms with van der Waals surface area (Å²) in [4.78, 5) is 10.8. The molecule has 0 amide bonds. The van der Waals surface area contributed by atoms with E-state index in [1.54, 1.807) is 0 Å². The van der Waals surface area contributed by atoms with Gasteiger partial charge in [0.1, 0.15) is 0 Å². The molecule has 0 spiro atoms. The van der Waals surface area contributed by atoms with Crippen LogP contribution in [0.15, 0.2) is 0 Å². The summed E-state index contributed by atoms with van der Waals surface area (Å²) in [6, 6.07) is 0. The molecular formula is C9H18N2O5S. The van der Waals surface area contributed by atoms with Gasteiger partial charge in [-0.1, -0.05) is 0 Å². The first-order valence-electron chi connectivity index (χ1n) is 5.31. The van der Waals surface area contributed by atoms with E-state index in [9.17, 15) is 13.2 Å². The molecular weight excluding hydrogens is 248 g/mol. The maximum Gasteiger partial charge on any atom is 0.310 e. The molecule has 2 N–H and O–H groups in total. The Labute approximate surface area is 101 Å². The van der Waals surface area contributed by atoms with Crippen LogP contribution in [0, 0.1) is 5.41 Å². The van der Waals surface area contributed by atoms with Crippen LogP contribution in [0.5, 0.6) is 0 Å². The van der Waals surface area contributed by atoms with Crippen molar-refractivity contribution in [2.45, 2.75) is 13.8 Å². The number of hydrogen-bond donors (Lipinski definition) is 2. The smallest absolute Gasteiger partial charge is 0.310 e. The Hall–Kier alpha value is -0.700. The number of aliphatic carboxylic acids is 1. The quantitative estimate of drug-likeness (QED) is 0.683. The van der Waals surface area contributed by atoms with Gasteiger partial charge in [-0.15, -0.1) is 0 Å². The Morgan fingerprint density at radius 2 is 1.94 bits per heavy atom. The van der Waals surface area contributed by atoms with E-state index >= 15 is 0 Å². The van der Waals surface area contributed by atoms with Gasteiger partial charge in [-0.3, -0.25) is 4.79 Å². The second kappa shape index (κ2) is 5.30. The lowest BCUT2D eigenvalue weighted by Gasteiger charge is -2.28. The predicted molar refractivity (Wildman–Crippen MR) is 60.7 cm³/mol. The normalized spacial score (nSPS) is 19.2. The molecule has 0 saturated carbocycles. The van der Waals surface area contributed by atoms with E-state index in [0.29, 0.717) is 26.3 Å². The van der Waals surface area contributed by atoms with Crippen LogP contribution in [-0.4, -0.2) is 56.6 Å². The Morgan fingerprint density at radius 3 is 2.41 bits per heavy atom. The molecule has 1 rings (SSSR count). The fourth-order valence-electron chi connectivity index (χ4n) is 1.23. The summed E-state index contributed by atoms with van der Waals surface area (Å²) in [5.74, 6) is -1.04. The van der Waals surface area contributed by atoms with Gasteiger partial charge in [-0.25, -0.2) is 4.72 Å². The zero-order valence-electron chi connectivity index (χ0n) is 9.97. The van der Waals surface area contributed by atoms with E-state index < -0.39 is 21.6 Å². The van der Waals surface area contributed by atoms with E-state index in [1.165, 1.54) is 18.2 Å². The number of hydrogen-bond acceptors (Lipinski definition) is 4. The predicted octanol–water partition coefficient (Wildman–Crippen LogP) is -0.736. The van der Waals surface area contributed by atoms with Crippen LogP contribution < -0.4 is 4.72 Å². The van der Waals surface area contributed by atoms with Crippen molar-refractivity contribution in [3.8, 4) is 0 Å². The number of carbonyl (C=O) groups is 1. The van der Waals surface area contributed by atoms with Crippen molar-refractivity contribution < 1.29 is 23.1 Å². The van der Waals surface area contributed by atoms with E-state index in [-0.39, 0.29) is 6.54 Å². The number of carboxylic acids is 1. The zero-order valence-corrected chi connectivity index (χ0v) is 10.8. The van der Waals surface area contributed by atoms with Gasteiger partial charge in [-0.05, 0) is 13.8 Å². The van der Waals surface area contributed by atoms with Crippen LogP contribution in [0.2, 0.25) is 0 Å². The highest BCUT2D eigenvalue weighted by atomic mass is 32.2. The van der Waals surface area contributed by atoms with Crippen molar-refractivity contribution in [3.05, 3.63) is 0 Å². The Balaban J connectivity index is 2.58. The largest absolute Gasteiger partial charge is 0.481 e. The third-order valence-corrected chi connectivity index (χ3v) is 4.14. The minimum atomic E-state index is -3.61. The second-order valence-corrected chi connectivity index (χ2v) is 6.28. The maximum atomic E-state index is 11.8. The van der Waals surface area contributed by atoms with Crippen molar-refractivity contribution in [2.75, 3.05) is 32.8 Å². The summed E-state index contributed by atoms with van der Waals surface area (Å²) in [5.41, 5.74) is -1.13. The topological polar surface area (TPSA) is 95.9 Å². The first-order valence-corrected chi connectivity index (χ1v) is 6.75. The van der Waals surface area contributed by atoms with Gasteiger partial charge in [0.05, 0.1) is 18.6 Å². The van der Waals surface area contributed by atoms with Crippen molar-refractivity contribution in [1.29, 1.82) is 0 Å². The van der Waals surface area contributed by atoms with Crippen LogP contribution in [0.1, 0.15) is 13.8 Å². The number of morpholine rings is 1. The molecule has 1 aliphatic rings. The number of nitrogens with one attached hydrogen (secondary N) is 1. The number of carboxylic acid groups (broad SMARTS) is 1. The lowest BCUT2D eigenvalue weighted by atomic mass is 9.95. The van der Waals surface area contributed by atoms with Gasteiger partial charge in [0.15, 0.2) is 0 Å². The van der Waals surface area contributed by atoms with Crippen LogP contribution in [0.25, 0.3) is 0 Å². The molecule has 0 aromatic heterocycles. The van der Waals surface area contributed by atoms with Crippen LogP contribution >= 0.6 is 0 Å². The summed E-state index contributed by atoms with van der Waals surface area (Å²) in [7, 11) is -3.61. The Morgan fingerprint density at radius 1 is 1.41 bits per heavy atom. The zero-order chi connectivity index (χ0) is 13.1. The summed E-state index contributed by atoms with van der Waals surface area (Å²) in [5, 5.41) is 8.88. The lowest BCUT2D eigenvalue weighted by molar-refractivity contribution is -0.146. The van der Waals surface area contributed by atoms with Gasteiger partial charge in [0.2, 0.25) is 0 Å². The molecule has 0 atom stereocenters. The van der Waals surface area contributed by atoms with Crippen molar-refractivity contribution >= 4 is 16.2 Å². The first-order chi connectivity index (χ1) is 7.76. The van der Waals surface area contributed by atoms with Gasteiger partial charge < -0.3 is 9.84 Å². The number of rotatable bonds is 5. The number of ether oxygens (including phenoxy) is 1. The van der Waals surface area contributed by atoms with Crippen molar-refractivity contribution in [2.24, 2.45) is 5.41 Å². The first kappa shape index (κ1) is 14.4. The van der Waals surface area contributed by atoms with Gasteiger partial charge in [0.25, 0.3) is 10.2 Å². The summed E-state index contributed by atoms with van der Waals surface area (Å²) in [6.45, 7) is 4.12. The molecule has 7 nitrogen and oxygen atoms in total. The number of nitrogens with zero attached hydrogens (tertiary/aromatic N) is 1. The Kier molecular flexibility index (Phi) is 4.48. The lowest BCUT2D eigenvalue weighted by Crippen LogP contribution is -2.49. The van der Waals surface area contributed by atoms with E-state index in [0.717, 1.165) is 0 Å². The van der Waals surface area contributed by atoms with Gasteiger partial charge in [-0.2, -0.15) is 12.7 Å². The molecule has 0 bridgehead atoms. The molecule has 1 saturated heterocycles. The minimum absolute atomic E-state index is 0.137. The van der Waals surface area contributed by atoms with E-state index in [2.05, 4.69) is 4.72 Å². The van der Waals surface area contributed by atoms with Gasteiger partial charge >= 0.3 is 5.97 Å². The molecule has 0 unspecified atom stereocenters. The second-order valence-electron chi connectivity index (χ2n) is 4.53. The van der Waals surface area contributed by atoms with Gasteiger partial charge in [0, 0.05) is 19.6 Å². The summed E-state index contributed by atoms with van der Waals surface area (Å²) < 4.78 is 32.3. The molecule has 1 fully saturated rings. The van der Waals surface area contributed by atoms with Crippen molar-refractivity contribution in [3.63, 3.8) is 0 Å². The highest BCUT2D eigenvalue weighted by Crippen LogP contribution is 2.14. The van der Waals surface area contributed by atoms with Crippen molar-refractivity contribution in [1.82, 2.24) is 9.03 Å². The molecule has 8 heteroatoms. The fourth-order valence-corrected chi connectivity index (χ4v) is 2.58. The Bertz CT molecular complexity index is 373. The molecule has 0 radical (unpaired) electrons. The molecule has 1 heterocycles. The third kappa shape index (κ3) is 3.91. The molecule has 100 valence electrons. The van der Waals surface area contributed by atoms with Crippen LogP contribution in [-0.2, 0) is 19.7 Å². The molecule has 0 aliphatic carbocycles. The SMILES string of the molecule is CC(C)(CNS(=O)(=O)N1CCOCC1)C(=O)O. The average Bonchev–Trinajstić information content (AvgIpc) is 2.28. The van der Waals surface area contributed by atoms with Crippen LogP contribution in [0.4, 0.5) is 0 Å². The third-order valence-electron chi connectivity index (χ3n) is 2.59. The summed E-state index contributed by atoms with van der Waals surface area (Å²) in [6.07, 6.45) is 0. The monoisotopic (exact) mass is 266 g/mol. The minimum Gasteiger partial charge on any atom is -0.481 e.